The van der Waals surface area contributed by atoms with Gasteiger partial charge < -0.3 is 14.2 Å². The Balaban J connectivity index is 2.90. The van der Waals surface area contributed by atoms with Crippen LogP contribution in [0.2, 0.25) is 0 Å². The molecule has 0 aromatic heterocycles. The molecule has 0 atom stereocenters. The standard InChI is InChI=1S/C16H18O3/c1-5-7-18-11-14-9-13(3)10-15(16(14)17-4)12-19-8-6-2/h1-2,9-10H,7-8,11-12H2,3-4H3. The van der Waals surface area contributed by atoms with E-state index in [0.717, 1.165) is 22.4 Å². The zero-order chi connectivity index (χ0) is 14.1. The van der Waals surface area contributed by atoms with E-state index in [4.69, 9.17) is 27.1 Å². The first-order valence-electron chi connectivity index (χ1n) is 5.91. The number of terminal acetylenes is 2. The fourth-order valence-electron chi connectivity index (χ4n) is 1.85. The second-order valence-corrected chi connectivity index (χ2v) is 4.01. The van der Waals surface area contributed by atoms with Crippen LogP contribution in [0.25, 0.3) is 0 Å². The smallest absolute Gasteiger partial charge is 0.129 e. The lowest BCUT2D eigenvalue weighted by Gasteiger charge is -2.14. The molecule has 0 unspecified atom stereocenters. The lowest BCUT2D eigenvalue weighted by atomic mass is 10.1. The van der Waals surface area contributed by atoms with Gasteiger partial charge in [0.05, 0.1) is 20.3 Å². The molecule has 0 heterocycles. The van der Waals surface area contributed by atoms with Crippen molar-refractivity contribution in [2.45, 2.75) is 20.1 Å². The Bertz CT molecular complexity index is 451. The Hall–Kier alpha value is -1.94. The van der Waals surface area contributed by atoms with Crippen LogP contribution >= 0.6 is 0 Å². The van der Waals surface area contributed by atoms with Crippen molar-refractivity contribution in [1.82, 2.24) is 0 Å². The van der Waals surface area contributed by atoms with E-state index in [1.807, 2.05) is 19.1 Å². The monoisotopic (exact) mass is 258 g/mol. The van der Waals surface area contributed by atoms with Gasteiger partial charge in [0.1, 0.15) is 19.0 Å². The zero-order valence-corrected chi connectivity index (χ0v) is 11.4. The SMILES string of the molecule is C#CCOCc1cc(C)cc(COCC#C)c1OC. The summed E-state index contributed by atoms with van der Waals surface area (Å²) in [5, 5.41) is 0. The molecule has 0 N–H and O–H groups in total. The lowest BCUT2D eigenvalue weighted by Crippen LogP contribution is -2.03. The van der Waals surface area contributed by atoms with Crippen LogP contribution in [0, 0.1) is 31.6 Å². The average molecular weight is 258 g/mol. The molecule has 0 aliphatic rings. The Morgan fingerprint density at radius 3 is 1.84 bits per heavy atom. The summed E-state index contributed by atoms with van der Waals surface area (Å²) in [5.74, 6) is 5.64. The summed E-state index contributed by atoms with van der Waals surface area (Å²) in [6, 6.07) is 4.03. The number of hydrogen-bond donors (Lipinski definition) is 0. The number of aryl methyl sites for hydroxylation is 1. The van der Waals surface area contributed by atoms with Gasteiger partial charge in [-0.3, -0.25) is 0 Å². The molecule has 1 aromatic rings. The first-order chi connectivity index (χ1) is 9.22. The van der Waals surface area contributed by atoms with Crippen molar-refractivity contribution in [3.8, 4) is 30.4 Å². The average Bonchev–Trinajstić information content (AvgIpc) is 2.39. The fourth-order valence-corrected chi connectivity index (χ4v) is 1.85. The van der Waals surface area contributed by atoms with Gasteiger partial charge in [0.25, 0.3) is 0 Å². The van der Waals surface area contributed by atoms with Gasteiger partial charge in [-0.1, -0.05) is 29.5 Å². The van der Waals surface area contributed by atoms with Gasteiger partial charge in [0.2, 0.25) is 0 Å². The van der Waals surface area contributed by atoms with Gasteiger partial charge in [-0.15, -0.1) is 12.8 Å². The van der Waals surface area contributed by atoms with Crippen LogP contribution in [0.1, 0.15) is 16.7 Å². The maximum absolute atomic E-state index is 5.43. The number of methoxy groups -OCH3 is 1. The van der Waals surface area contributed by atoms with Gasteiger partial charge in [-0.2, -0.15) is 0 Å². The van der Waals surface area contributed by atoms with Crippen LogP contribution in [0.4, 0.5) is 0 Å². The highest BCUT2D eigenvalue weighted by Gasteiger charge is 2.10. The van der Waals surface area contributed by atoms with Crippen LogP contribution < -0.4 is 4.74 Å². The highest BCUT2D eigenvalue weighted by Crippen LogP contribution is 2.27. The summed E-state index contributed by atoms with van der Waals surface area (Å²) >= 11 is 0. The summed E-state index contributed by atoms with van der Waals surface area (Å²) in [6.45, 7) is 3.39. The molecule has 0 saturated heterocycles. The molecule has 0 bridgehead atoms. The summed E-state index contributed by atoms with van der Waals surface area (Å²) in [7, 11) is 1.63. The fraction of sp³-hybridized carbons (Fsp3) is 0.375. The van der Waals surface area contributed by atoms with Gasteiger partial charge in [0, 0.05) is 11.1 Å². The molecule has 3 nitrogen and oxygen atoms in total. The molecule has 0 radical (unpaired) electrons. The van der Waals surface area contributed by atoms with Crippen LogP contribution in [0.3, 0.4) is 0 Å². The minimum Gasteiger partial charge on any atom is -0.496 e. The van der Waals surface area contributed by atoms with E-state index in [0.29, 0.717) is 13.2 Å². The van der Waals surface area contributed by atoms with Crippen molar-refractivity contribution in [3.63, 3.8) is 0 Å². The second kappa shape index (κ2) is 8.21. The molecule has 1 aromatic carbocycles. The molecule has 0 saturated carbocycles. The summed E-state index contributed by atoms with van der Waals surface area (Å²) in [4.78, 5) is 0. The molecular weight excluding hydrogens is 240 g/mol. The van der Waals surface area contributed by atoms with E-state index >= 15 is 0 Å². The van der Waals surface area contributed by atoms with Gasteiger partial charge in [-0.25, -0.2) is 0 Å². The Morgan fingerprint density at radius 1 is 1.00 bits per heavy atom. The Kier molecular flexibility index (Phi) is 6.53. The number of ether oxygens (including phenoxy) is 3. The maximum atomic E-state index is 5.43. The van der Waals surface area contributed by atoms with Crippen LogP contribution in [-0.2, 0) is 22.7 Å². The molecule has 100 valence electrons. The number of hydrogen-bond acceptors (Lipinski definition) is 3. The molecule has 1 rings (SSSR count). The topological polar surface area (TPSA) is 27.7 Å². The van der Waals surface area contributed by atoms with E-state index in [1.54, 1.807) is 7.11 Å². The third-order valence-electron chi connectivity index (χ3n) is 2.48. The first-order valence-corrected chi connectivity index (χ1v) is 5.91. The van der Waals surface area contributed by atoms with E-state index in [2.05, 4.69) is 11.8 Å². The van der Waals surface area contributed by atoms with Crippen molar-refractivity contribution < 1.29 is 14.2 Å². The molecule has 0 aliphatic carbocycles. The van der Waals surface area contributed by atoms with E-state index in [-0.39, 0.29) is 13.2 Å². The van der Waals surface area contributed by atoms with Crippen molar-refractivity contribution in [2.24, 2.45) is 0 Å². The Labute approximate surface area is 114 Å². The molecular formula is C16H18O3. The van der Waals surface area contributed by atoms with Crippen molar-refractivity contribution in [2.75, 3.05) is 20.3 Å². The lowest BCUT2D eigenvalue weighted by molar-refractivity contribution is 0.144. The molecule has 19 heavy (non-hydrogen) atoms. The third-order valence-corrected chi connectivity index (χ3v) is 2.48. The van der Waals surface area contributed by atoms with E-state index in [9.17, 15) is 0 Å². The first kappa shape index (κ1) is 15.1. The Morgan fingerprint density at radius 2 is 1.47 bits per heavy atom. The van der Waals surface area contributed by atoms with Crippen molar-refractivity contribution in [1.29, 1.82) is 0 Å². The zero-order valence-electron chi connectivity index (χ0n) is 11.4. The molecule has 3 heteroatoms. The summed E-state index contributed by atoms with van der Waals surface area (Å²) in [5.41, 5.74) is 3.02. The minimum atomic E-state index is 0.278. The predicted molar refractivity (Wildman–Crippen MR) is 74.7 cm³/mol. The quantitative estimate of drug-likeness (QED) is 0.555. The van der Waals surface area contributed by atoms with Gasteiger partial charge in [-0.05, 0) is 6.92 Å². The highest BCUT2D eigenvalue weighted by molar-refractivity contribution is 5.44. The molecule has 0 amide bonds. The van der Waals surface area contributed by atoms with Gasteiger partial charge >= 0.3 is 0 Å². The normalized spacial score (nSPS) is 9.68. The van der Waals surface area contributed by atoms with E-state index in [1.165, 1.54) is 0 Å². The third kappa shape index (κ3) is 4.67. The highest BCUT2D eigenvalue weighted by atomic mass is 16.5. The largest absolute Gasteiger partial charge is 0.496 e. The predicted octanol–water partition coefficient (Wildman–Crippen LogP) is 2.30. The number of benzene rings is 1. The molecule has 0 fully saturated rings. The summed E-state index contributed by atoms with van der Waals surface area (Å²) in [6.07, 6.45) is 10.3. The van der Waals surface area contributed by atoms with E-state index < -0.39 is 0 Å². The van der Waals surface area contributed by atoms with Crippen molar-refractivity contribution >= 4 is 0 Å². The van der Waals surface area contributed by atoms with Gasteiger partial charge in [0.15, 0.2) is 0 Å². The second-order valence-electron chi connectivity index (χ2n) is 4.01. The van der Waals surface area contributed by atoms with Crippen molar-refractivity contribution in [3.05, 3.63) is 28.8 Å². The minimum absolute atomic E-state index is 0.278. The molecule has 0 spiro atoms. The number of rotatable bonds is 7. The summed E-state index contributed by atoms with van der Waals surface area (Å²) < 4.78 is 16.1. The molecule has 0 aliphatic heterocycles. The van der Waals surface area contributed by atoms with Crippen LogP contribution in [-0.4, -0.2) is 20.3 Å². The maximum Gasteiger partial charge on any atom is 0.129 e. The van der Waals surface area contributed by atoms with Crippen LogP contribution in [0.5, 0.6) is 5.75 Å². The van der Waals surface area contributed by atoms with Crippen LogP contribution in [0.15, 0.2) is 12.1 Å².